The van der Waals surface area contributed by atoms with Crippen LogP contribution in [0.1, 0.15) is 41.1 Å². The fourth-order valence-electron chi connectivity index (χ4n) is 5.63. The number of para-hydroxylation sites is 1. The summed E-state index contributed by atoms with van der Waals surface area (Å²) in [7, 11) is 0. The van der Waals surface area contributed by atoms with Crippen LogP contribution in [0, 0.1) is 6.92 Å². The standard InChI is InChI=1S/C32H37N5O9/c1-20-8-9-24-21(13-20)10-11-37(29(24)32(44)34-23(16-38)17-46-19-40)28(41)15-33-30(42)26(7-4-12-45-18-39)36-31(43)27-14-22-5-2-3-6-25(22)35-27/h2-3,5-6,8-9,13,16,18-19,23,26-27,29,35H,4,7,10-12,14-15,17H2,1H3,(H,33,42)(H,34,44)(H,36,43)/t23-,26+,27+,29+/m1/s1. The topological polar surface area (TPSA) is 189 Å². The van der Waals surface area contributed by atoms with Crippen molar-refractivity contribution in [2.75, 3.05) is 31.6 Å². The number of carbonyl (C=O) groups is 7. The van der Waals surface area contributed by atoms with Crippen molar-refractivity contribution in [3.63, 3.8) is 0 Å². The van der Waals surface area contributed by atoms with Gasteiger partial charge in [-0.2, -0.15) is 0 Å². The van der Waals surface area contributed by atoms with Gasteiger partial charge in [-0.15, -0.1) is 0 Å². The Morgan fingerprint density at radius 3 is 2.52 bits per heavy atom. The van der Waals surface area contributed by atoms with E-state index >= 15 is 0 Å². The van der Waals surface area contributed by atoms with Crippen LogP contribution in [0.5, 0.6) is 0 Å². The van der Waals surface area contributed by atoms with Gasteiger partial charge in [0.1, 0.15) is 37.1 Å². The Labute approximate surface area is 265 Å². The number of benzene rings is 2. The molecule has 4 atom stereocenters. The van der Waals surface area contributed by atoms with Gasteiger partial charge in [-0.1, -0.05) is 42.0 Å². The third-order valence-electron chi connectivity index (χ3n) is 7.89. The van der Waals surface area contributed by atoms with E-state index in [1.165, 1.54) is 4.90 Å². The van der Waals surface area contributed by atoms with Crippen molar-refractivity contribution in [3.05, 3.63) is 64.7 Å². The van der Waals surface area contributed by atoms with E-state index in [0.29, 0.717) is 31.2 Å². The molecule has 2 aliphatic heterocycles. The first-order chi connectivity index (χ1) is 22.2. The maximum absolute atomic E-state index is 13.5. The van der Waals surface area contributed by atoms with Crippen molar-refractivity contribution < 1.29 is 43.0 Å². The Morgan fingerprint density at radius 1 is 1.00 bits per heavy atom. The van der Waals surface area contributed by atoms with Gasteiger partial charge >= 0.3 is 0 Å². The van der Waals surface area contributed by atoms with Gasteiger partial charge in [0.15, 0.2) is 0 Å². The molecule has 0 unspecified atom stereocenters. The Kier molecular flexibility index (Phi) is 11.8. The molecule has 2 aliphatic rings. The SMILES string of the molecule is Cc1ccc2c(c1)CCN(C(=O)CNC(=O)[C@H](CCCOC=O)NC(=O)[C@@H]1Cc3ccccc3N1)[C@@H]2C(=O)N[C@H](C=O)COC=O. The highest BCUT2D eigenvalue weighted by Crippen LogP contribution is 2.31. The molecular weight excluding hydrogens is 598 g/mol. The van der Waals surface area contributed by atoms with Crippen LogP contribution in [0.4, 0.5) is 5.69 Å². The number of aryl methyl sites for hydroxylation is 1. The van der Waals surface area contributed by atoms with E-state index in [0.717, 1.165) is 22.4 Å². The number of carbonyl (C=O) groups excluding carboxylic acids is 7. The molecule has 2 aromatic rings. The van der Waals surface area contributed by atoms with Gasteiger partial charge in [-0.3, -0.25) is 28.8 Å². The Balaban J connectivity index is 1.44. The summed E-state index contributed by atoms with van der Waals surface area (Å²) in [5.74, 6) is -2.23. The second-order valence-electron chi connectivity index (χ2n) is 11.1. The van der Waals surface area contributed by atoms with E-state index in [9.17, 15) is 33.6 Å². The summed E-state index contributed by atoms with van der Waals surface area (Å²) in [6.07, 6.45) is 1.74. The van der Waals surface area contributed by atoms with E-state index in [-0.39, 0.29) is 39.1 Å². The minimum atomic E-state index is -1.13. The molecule has 14 nitrogen and oxygen atoms in total. The zero-order valence-electron chi connectivity index (χ0n) is 25.4. The minimum Gasteiger partial charge on any atom is -0.468 e. The lowest BCUT2D eigenvalue weighted by Gasteiger charge is -2.37. The van der Waals surface area contributed by atoms with Crippen molar-refractivity contribution in [2.45, 2.75) is 56.8 Å². The summed E-state index contributed by atoms with van der Waals surface area (Å²) in [4.78, 5) is 87.4. The van der Waals surface area contributed by atoms with Gasteiger partial charge in [-0.05, 0) is 48.9 Å². The average molecular weight is 636 g/mol. The Morgan fingerprint density at radius 2 is 1.78 bits per heavy atom. The zero-order valence-corrected chi connectivity index (χ0v) is 25.4. The second-order valence-corrected chi connectivity index (χ2v) is 11.1. The smallest absolute Gasteiger partial charge is 0.293 e. The average Bonchev–Trinajstić information content (AvgIpc) is 3.50. The molecule has 0 aliphatic carbocycles. The fourth-order valence-corrected chi connectivity index (χ4v) is 5.63. The molecule has 0 aromatic heterocycles. The molecule has 2 aromatic carbocycles. The van der Waals surface area contributed by atoms with Gasteiger partial charge in [0.2, 0.25) is 23.6 Å². The van der Waals surface area contributed by atoms with Crippen molar-refractivity contribution in [1.82, 2.24) is 20.9 Å². The van der Waals surface area contributed by atoms with Crippen LogP contribution in [-0.2, 0) is 55.9 Å². The predicted octanol–water partition coefficient (Wildman–Crippen LogP) is -0.131. The maximum atomic E-state index is 13.5. The van der Waals surface area contributed by atoms with Gasteiger partial charge in [0, 0.05) is 18.7 Å². The largest absolute Gasteiger partial charge is 0.468 e. The molecule has 244 valence electrons. The third kappa shape index (κ3) is 8.46. The highest BCUT2D eigenvalue weighted by Gasteiger charge is 2.37. The molecular formula is C32H37N5O9. The fraction of sp³-hybridized carbons (Fsp3) is 0.406. The van der Waals surface area contributed by atoms with Crippen molar-refractivity contribution in [2.24, 2.45) is 0 Å². The van der Waals surface area contributed by atoms with Crippen LogP contribution in [0.3, 0.4) is 0 Å². The zero-order chi connectivity index (χ0) is 33.1. The summed E-state index contributed by atoms with van der Waals surface area (Å²) in [6.45, 7) is 1.72. The van der Waals surface area contributed by atoms with Gasteiger partial charge in [0.05, 0.1) is 13.2 Å². The summed E-state index contributed by atoms with van der Waals surface area (Å²) >= 11 is 0. The van der Waals surface area contributed by atoms with E-state index in [4.69, 9.17) is 4.74 Å². The molecule has 4 rings (SSSR count). The lowest BCUT2D eigenvalue weighted by molar-refractivity contribution is -0.142. The normalized spacial score (nSPS) is 17.5. The molecule has 0 fully saturated rings. The highest BCUT2D eigenvalue weighted by molar-refractivity contribution is 5.95. The summed E-state index contributed by atoms with van der Waals surface area (Å²) in [6, 6.07) is 9.11. The molecule has 0 saturated heterocycles. The Bertz CT molecular complexity index is 1440. The van der Waals surface area contributed by atoms with Gasteiger partial charge in [-0.25, -0.2) is 0 Å². The number of nitrogens with one attached hydrogen (secondary N) is 4. The van der Waals surface area contributed by atoms with Crippen LogP contribution in [0.25, 0.3) is 0 Å². The van der Waals surface area contributed by atoms with Gasteiger partial charge in [0.25, 0.3) is 12.9 Å². The second kappa shape index (κ2) is 16.2. The van der Waals surface area contributed by atoms with E-state index in [1.807, 2.05) is 37.3 Å². The lowest BCUT2D eigenvalue weighted by Crippen LogP contribution is -2.54. The molecule has 4 N–H and O–H groups in total. The van der Waals surface area contributed by atoms with Crippen molar-refractivity contribution in [1.29, 1.82) is 0 Å². The van der Waals surface area contributed by atoms with E-state index in [2.05, 4.69) is 26.0 Å². The number of amides is 4. The van der Waals surface area contributed by atoms with Crippen LogP contribution >= 0.6 is 0 Å². The first kappa shape index (κ1) is 33.6. The molecule has 0 bridgehead atoms. The van der Waals surface area contributed by atoms with E-state index in [1.54, 1.807) is 12.1 Å². The van der Waals surface area contributed by atoms with Crippen LogP contribution < -0.4 is 21.3 Å². The summed E-state index contributed by atoms with van der Waals surface area (Å²) in [5.41, 5.74) is 4.21. The van der Waals surface area contributed by atoms with Crippen LogP contribution in [0.15, 0.2) is 42.5 Å². The molecule has 14 heteroatoms. The number of ether oxygens (including phenoxy) is 2. The summed E-state index contributed by atoms with van der Waals surface area (Å²) < 4.78 is 9.36. The number of rotatable bonds is 16. The number of anilines is 1. The quantitative estimate of drug-likeness (QED) is 0.143. The predicted molar refractivity (Wildman–Crippen MR) is 163 cm³/mol. The monoisotopic (exact) mass is 635 g/mol. The Hall–Kier alpha value is -5.27. The first-order valence-corrected chi connectivity index (χ1v) is 14.9. The van der Waals surface area contributed by atoms with Crippen LogP contribution in [-0.4, -0.2) is 92.2 Å². The molecule has 4 amide bonds. The molecule has 2 heterocycles. The minimum absolute atomic E-state index is 0.0400. The number of hydrogen-bond donors (Lipinski definition) is 4. The maximum Gasteiger partial charge on any atom is 0.293 e. The molecule has 0 saturated carbocycles. The third-order valence-corrected chi connectivity index (χ3v) is 7.89. The molecule has 0 radical (unpaired) electrons. The number of hydrogen-bond acceptors (Lipinski definition) is 10. The van der Waals surface area contributed by atoms with Gasteiger partial charge < -0.3 is 40.4 Å². The number of aldehydes is 1. The molecule has 46 heavy (non-hydrogen) atoms. The first-order valence-electron chi connectivity index (χ1n) is 14.9. The number of fused-ring (bicyclic) bond motifs is 2. The van der Waals surface area contributed by atoms with Crippen LogP contribution in [0.2, 0.25) is 0 Å². The van der Waals surface area contributed by atoms with Crippen molar-refractivity contribution in [3.8, 4) is 0 Å². The highest BCUT2D eigenvalue weighted by atomic mass is 16.5. The van der Waals surface area contributed by atoms with E-state index < -0.39 is 54.3 Å². The summed E-state index contributed by atoms with van der Waals surface area (Å²) in [5, 5.41) is 11.0. The van der Waals surface area contributed by atoms with Crippen molar-refractivity contribution >= 4 is 48.5 Å². The molecule has 0 spiro atoms. The number of nitrogens with zero attached hydrogens (tertiary/aromatic N) is 1. The lowest BCUT2D eigenvalue weighted by atomic mass is 9.90.